The van der Waals surface area contributed by atoms with E-state index in [1.807, 2.05) is 13.8 Å². The van der Waals surface area contributed by atoms with E-state index >= 15 is 0 Å². The molecule has 9 nitrogen and oxygen atoms in total. The summed E-state index contributed by atoms with van der Waals surface area (Å²) < 4.78 is 0. The van der Waals surface area contributed by atoms with Gasteiger partial charge in [0.1, 0.15) is 12.1 Å². The van der Waals surface area contributed by atoms with Crippen LogP contribution in [0, 0.1) is 5.92 Å². The average molecular weight is 407 g/mol. The average Bonchev–Trinajstić information content (AvgIpc) is 2.65. The first-order chi connectivity index (χ1) is 13.5. The number of hydrogen-bond acceptors (Lipinski definition) is 6. The molecule has 0 radical (unpaired) electrons. The molecule has 0 spiro atoms. The first-order valence-corrected chi connectivity index (χ1v) is 9.42. The predicted octanol–water partition coefficient (Wildman–Crippen LogP) is 1.22. The normalized spacial score (nSPS) is 14.0. The van der Waals surface area contributed by atoms with Gasteiger partial charge < -0.3 is 20.8 Å². The number of para-hydroxylation sites is 1. The van der Waals surface area contributed by atoms with Crippen molar-refractivity contribution in [1.82, 2.24) is 5.32 Å². The fourth-order valence-corrected chi connectivity index (χ4v) is 2.89. The SMILES string of the molecule is CC(C)C[C@@H](C(=O)NC(=O)[C@@H](N)CCC(=O)O)N(c1ccccc1)[C@H](C)C(=O)O. The number of carboxylic acid groups (broad SMARTS) is 2. The van der Waals surface area contributed by atoms with E-state index < -0.39 is 41.9 Å². The Hall–Kier alpha value is -2.94. The number of amides is 2. The Labute approximate surface area is 169 Å². The maximum absolute atomic E-state index is 12.9. The summed E-state index contributed by atoms with van der Waals surface area (Å²) in [6.07, 6.45) is -0.113. The molecule has 0 saturated heterocycles. The molecule has 1 aromatic rings. The van der Waals surface area contributed by atoms with E-state index in [0.717, 1.165) is 0 Å². The minimum absolute atomic E-state index is 0.0359. The molecule has 0 aliphatic rings. The molecule has 1 rings (SSSR count). The van der Waals surface area contributed by atoms with Crippen LogP contribution in [-0.2, 0) is 19.2 Å². The molecular formula is C20H29N3O6. The van der Waals surface area contributed by atoms with Crippen LogP contribution < -0.4 is 16.0 Å². The van der Waals surface area contributed by atoms with Gasteiger partial charge in [0.2, 0.25) is 11.8 Å². The Morgan fingerprint density at radius 1 is 1.03 bits per heavy atom. The van der Waals surface area contributed by atoms with E-state index in [-0.39, 0.29) is 18.8 Å². The summed E-state index contributed by atoms with van der Waals surface area (Å²) in [6.45, 7) is 5.24. The molecule has 0 fully saturated rings. The highest BCUT2D eigenvalue weighted by atomic mass is 16.4. The molecule has 160 valence electrons. The molecule has 0 aromatic heterocycles. The topological polar surface area (TPSA) is 150 Å². The number of hydrogen-bond donors (Lipinski definition) is 4. The predicted molar refractivity (Wildman–Crippen MR) is 107 cm³/mol. The Bertz CT molecular complexity index is 722. The standard InChI is InChI=1S/C20H29N3O6/c1-12(2)11-16(19(27)22-18(26)15(21)9-10-17(24)25)23(13(3)20(28)29)14-7-5-4-6-8-14/h4-8,12-13,15-16H,9-11,21H2,1-3H3,(H,24,25)(H,28,29)(H,22,26,27)/t13-,15+,16+/m1/s1. The van der Waals surface area contributed by atoms with E-state index in [1.165, 1.54) is 11.8 Å². The van der Waals surface area contributed by atoms with Crippen LogP contribution in [-0.4, -0.2) is 52.1 Å². The van der Waals surface area contributed by atoms with E-state index in [4.69, 9.17) is 10.8 Å². The molecule has 0 saturated carbocycles. The summed E-state index contributed by atoms with van der Waals surface area (Å²) in [5.74, 6) is -3.64. The van der Waals surface area contributed by atoms with Gasteiger partial charge in [0.25, 0.3) is 0 Å². The summed E-state index contributed by atoms with van der Waals surface area (Å²) in [5.41, 5.74) is 6.21. The number of carboxylic acids is 2. The van der Waals surface area contributed by atoms with E-state index in [2.05, 4.69) is 5.32 Å². The van der Waals surface area contributed by atoms with Crippen molar-refractivity contribution in [2.24, 2.45) is 11.7 Å². The highest BCUT2D eigenvalue weighted by Crippen LogP contribution is 2.24. The zero-order valence-corrected chi connectivity index (χ0v) is 16.9. The molecule has 5 N–H and O–H groups in total. The molecule has 0 aliphatic carbocycles. The quantitative estimate of drug-likeness (QED) is 0.427. The van der Waals surface area contributed by atoms with E-state index in [9.17, 15) is 24.3 Å². The smallest absolute Gasteiger partial charge is 0.326 e. The van der Waals surface area contributed by atoms with Crippen molar-refractivity contribution in [3.05, 3.63) is 30.3 Å². The van der Waals surface area contributed by atoms with E-state index in [1.54, 1.807) is 30.3 Å². The third-order valence-corrected chi connectivity index (χ3v) is 4.41. The molecule has 0 bridgehead atoms. The van der Waals surface area contributed by atoms with Crippen LogP contribution in [0.15, 0.2) is 30.3 Å². The Balaban J connectivity index is 3.13. The van der Waals surface area contributed by atoms with Crippen LogP contribution in [0.3, 0.4) is 0 Å². The summed E-state index contributed by atoms with van der Waals surface area (Å²) >= 11 is 0. The number of nitrogens with two attached hydrogens (primary N) is 1. The Morgan fingerprint density at radius 2 is 1.62 bits per heavy atom. The van der Waals surface area contributed by atoms with Crippen LogP contribution in [0.5, 0.6) is 0 Å². The van der Waals surface area contributed by atoms with Crippen molar-refractivity contribution >= 4 is 29.4 Å². The summed E-state index contributed by atoms with van der Waals surface area (Å²) in [4.78, 5) is 49.0. The first-order valence-electron chi connectivity index (χ1n) is 9.42. The molecule has 29 heavy (non-hydrogen) atoms. The first kappa shape index (κ1) is 24.1. The summed E-state index contributed by atoms with van der Waals surface area (Å²) in [5, 5.41) is 20.5. The molecule has 0 aliphatic heterocycles. The highest BCUT2D eigenvalue weighted by molar-refractivity contribution is 6.01. The number of carbonyl (C=O) groups excluding carboxylic acids is 2. The lowest BCUT2D eigenvalue weighted by molar-refractivity contribution is -0.139. The molecule has 9 heteroatoms. The summed E-state index contributed by atoms with van der Waals surface area (Å²) in [6, 6.07) is 5.51. The number of imide groups is 1. The number of carbonyl (C=O) groups is 4. The van der Waals surface area contributed by atoms with Crippen molar-refractivity contribution < 1.29 is 29.4 Å². The lowest BCUT2D eigenvalue weighted by Gasteiger charge is -2.36. The molecule has 3 atom stereocenters. The Kier molecular flexibility index (Phi) is 9.27. The maximum atomic E-state index is 12.9. The fourth-order valence-electron chi connectivity index (χ4n) is 2.89. The summed E-state index contributed by atoms with van der Waals surface area (Å²) in [7, 11) is 0. The zero-order valence-electron chi connectivity index (χ0n) is 16.9. The van der Waals surface area contributed by atoms with Gasteiger partial charge in [0.15, 0.2) is 0 Å². The van der Waals surface area contributed by atoms with Gasteiger partial charge in [-0.2, -0.15) is 0 Å². The number of nitrogens with one attached hydrogen (secondary N) is 1. The van der Waals surface area contributed by atoms with Crippen LogP contribution in [0.4, 0.5) is 5.69 Å². The van der Waals surface area contributed by atoms with Crippen LogP contribution in [0.25, 0.3) is 0 Å². The molecule has 2 amide bonds. The van der Waals surface area contributed by atoms with Gasteiger partial charge in [-0.25, -0.2) is 4.79 Å². The maximum Gasteiger partial charge on any atom is 0.326 e. The Morgan fingerprint density at radius 3 is 2.10 bits per heavy atom. The monoisotopic (exact) mass is 407 g/mol. The second-order valence-electron chi connectivity index (χ2n) is 7.29. The number of anilines is 1. The lowest BCUT2D eigenvalue weighted by atomic mass is 9.99. The van der Waals surface area contributed by atoms with Gasteiger partial charge in [-0.15, -0.1) is 0 Å². The van der Waals surface area contributed by atoms with Crippen molar-refractivity contribution in [3.63, 3.8) is 0 Å². The van der Waals surface area contributed by atoms with Crippen molar-refractivity contribution in [1.29, 1.82) is 0 Å². The molecule has 1 aromatic carbocycles. The fraction of sp³-hybridized carbons (Fsp3) is 0.500. The minimum Gasteiger partial charge on any atom is -0.481 e. The zero-order chi connectivity index (χ0) is 22.1. The van der Waals surface area contributed by atoms with Gasteiger partial charge in [-0.1, -0.05) is 32.0 Å². The second kappa shape index (κ2) is 11.2. The van der Waals surface area contributed by atoms with Crippen molar-refractivity contribution in [3.8, 4) is 0 Å². The number of benzene rings is 1. The van der Waals surface area contributed by atoms with Crippen molar-refractivity contribution in [2.45, 2.75) is 58.2 Å². The highest BCUT2D eigenvalue weighted by Gasteiger charge is 2.34. The van der Waals surface area contributed by atoms with Gasteiger partial charge in [0.05, 0.1) is 6.04 Å². The number of rotatable bonds is 11. The lowest BCUT2D eigenvalue weighted by Crippen LogP contribution is -2.56. The third kappa shape index (κ3) is 7.53. The minimum atomic E-state index is -1.16. The second-order valence-corrected chi connectivity index (χ2v) is 7.29. The van der Waals surface area contributed by atoms with Gasteiger partial charge in [0, 0.05) is 12.1 Å². The van der Waals surface area contributed by atoms with Gasteiger partial charge >= 0.3 is 11.9 Å². The number of aliphatic carboxylic acids is 2. The van der Waals surface area contributed by atoms with Gasteiger partial charge in [-0.05, 0) is 37.8 Å². The van der Waals surface area contributed by atoms with Crippen molar-refractivity contribution in [2.75, 3.05) is 4.90 Å². The van der Waals surface area contributed by atoms with E-state index in [0.29, 0.717) is 12.1 Å². The largest absolute Gasteiger partial charge is 0.481 e. The van der Waals surface area contributed by atoms with Crippen LogP contribution in [0.1, 0.15) is 40.0 Å². The van der Waals surface area contributed by atoms with Crippen LogP contribution in [0.2, 0.25) is 0 Å². The van der Waals surface area contributed by atoms with Crippen LogP contribution >= 0.6 is 0 Å². The number of nitrogens with zero attached hydrogens (tertiary/aromatic N) is 1. The third-order valence-electron chi connectivity index (χ3n) is 4.41. The molecule has 0 unspecified atom stereocenters. The molecular weight excluding hydrogens is 378 g/mol. The molecule has 0 heterocycles. The van der Waals surface area contributed by atoms with Gasteiger partial charge in [-0.3, -0.25) is 19.7 Å².